The fourth-order valence-corrected chi connectivity index (χ4v) is 2.12. The minimum atomic E-state index is 0.720. The van der Waals surface area contributed by atoms with Crippen LogP contribution >= 0.6 is 0 Å². The summed E-state index contributed by atoms with van der Waals surface area (Å²) in [6.45, 7) is 4.13. The normalized spacial score (nSPS) is 10.3. The Hall–Kier alpha value is -2.10. The van der Waals surface area contributed by atoms with Crippen LogP contribution in [0.25, 0.3) is 11.4 Å². The van der Waals surface area contributed by atoms with E-state index in [2.05, 4.69) is 22.2 Å². The van der Waals surface area contributed by atoms with Crippen LogP contribution in [-0.2, 0) is 6.42 Å². The van der Waals surface area contributed by atoms with E-state index in [-0.39, 0.29) is 0 Å². The van der Waals surface area contributed by atoms with E-state index in [4.69, 9.17) is 4.74 Å². The lowest BCUT2D eigenvalue weighted by Crippen LogP contribution is -2.05. The summed E-state index contributed by atoms with van der Waals surface area (Å²) < 4.78 is 5.24. The van der Waals surface area contributed by atoms with Crippen molar-refractivity contribution in [2.24, 2.45) is 0 Å². The van der Waals surface area contributed by atoms with Gasteiger partial charge in [0.05, 0.1) is 7.11 Å². The molecule has 0 radical (unpaired) electrons. The molecule has 2 aromatic rings. The molecular formula is C15H19N3O. The second kappa shape index (κ2) is 5.69. The van der Waals surface area contributed by atoms with Crippen LogP contribution in [-0.4, -0.2) is 24.1 Å². The number of nitrogens with one attached hydrogen (secondary N) is 1. The number of aromatic nitrogens is 2. The molecule has 0 aliphatic rings. The highest BCUT2D eigenvalue weighted by Crippen LogP contribution is 2.25. The predicted molar refractivity (Wildman–Crippen MR) is 77.7 cm³/mol. The summed E-state index contributed by atoms with van der Waals surface area (Å²) in [6.07, 6.45) is 0.917. The Labute approximate surface area is 113 Å². The molecule has 4 nitrogen and oxygen atoms in total. The smallest absolute Gasteiger partial charge is 0.161 e. The third-order valence-electron chi connectivity index (χ3n) is 3.13. The van der Waals surface area contributed by atoms with E-state index < -0.39 is 0 Å². The Morgan fingerprint density at radius 3 is 2.68 bits per heavy atom. The van der Waals surface area contributed by atoms with Gasteiger partial charge in [-0.1, -0.05) is 19.1 Å². The van der Waals surface area contributed by atoms with Gasteiger partial charge in [0.2, 0.25) is 0 Å². The Kier molecular flexibility index (Phi) is 4.00. The number of methoxy groups -OCH3 is 1. The number of aryl methyl sites for hydroxylation is 1. The highest BCUT2D eigenvalue weighted by Gasteiger charge is 2.10. The summed E-state index contributed by atoms with van der Waals surface area (Å²) >= 11 is 0. The van der Waals surface area contributed by atoms with Crippen molar-refractivity contribution < 1.29 is 4.74 Å². The second-order valence-electron chi connectivity index (χ2n) is 4.30. The van der Waals surface area contributed by atoms with Crippen molar-refractivity contribution in [2.45, 2.75) is 20.3 Å². The number of benzene rings is 1. The molecule has 19 heavy (non-hydrogen) atoms. The van der Waals surface area contributed by atoms with Gasteiger partial charge < -0.3 is 10.1 Å². The monoisotopic (exact) mass is 257 g/mol. The summed E-state index contributed by atoms with van der Waals surface area (Å²) in [5.41, 5.74) is 3.13. The molecule has 100 valence electrons. The van der Waals surface area contributed by atoms with Crippen LogP contribution < -0.4 is 10.1 Å². The maximum absolute atomic E-state index is 5.24. The minimum Gasteiger partial charge on any atom is -0.497 e. The topological polar surface area (TPSA) is 47.0 Å². The first-order valence-corrected chi connectivity index (χ1v) is 6.39. The van der Waals surface area contributed by atoms with E-state index in [0.29, 0.717) is 0 Å². The summed E-state index contributed by atoms with van der Waals surface area (Å²) in [5, 5.41) is 3.14. The minimum absolute atomic E-state index is 0.720. The fraction of sp³-hybridized carbons (Fsp3) is 0.333. The molecule has 0 unspecified atom stereocenters. The lowest BCUT2D eigenvalue weighted by Gasteiger charge is -2.12. The fourth-order valence-electron chi connectivity index (χ4n) is 2.12. The van der Waals surface area contributed by atoms with Gasteiger partial charge in [-0.3, -0.25) is 0 Å². The van der Waals surface area contributed by atoms with E-state index in [0.717, 1.165) is 40.6 Å². The number of hydrogen-bond acceptors (Lipinski definition) is 4. The van der Waals surface area contributed by atoms with Crippen LogP contribution in [0.4, 0.5) is 5.82 Å². The van der Waals surface area contributed by atoms with Crippen molar-refractivity contribution in [1.29, 1.82) is 0 Å². The molecule has 1 heterocycles. The molecule has 2 rings (SSSR count). The van der Waals surface area contributed by atoms with Gasteiger partial charge >= 0.3 is 0 Å². The lowest BCUT2D eigenvalue weighted by atomic mass is 10.1. The van der Waals surface area contributed by atoms with E-state index in [1.165, 1.54) is 0 Å². The molecule has 1 aromatic carbocycles. The summed E-state index contributed by atoms with van der Waals surface area (Å²) in [6, 6.07) is 7.79. The Morgan fingerprint density at radius 1 is 1.26 bits per heavy atom. The van der Waals surface area contributed by atoms with Crippen LogP contribution in [0.5, 0.6) is 5.75 Å². The molecule has 1 aromatic heterocycles. The molecule has 0 aliphatic carbocycles. The molecule has 0 amide bonds. The van der Waals surface area contributed by atoms with Gasteiger partial charge in [-0.25, -0.2) is 9.97 Å². The van der Waals surface area contributed by atoms with Gasteiger partial charge in [-0.05, 0) is 25.5 Å². The first-order valence-electron chi connectivity index (χ1n) is 6.39. The van der Waals surface area contributed by atoms with Gasteiger partial charge in [-0.2, -0.15) is 0 Å². The van der Waals surface area contributed by atoms with Crippen molar-refractivity contribution in [1.82, 2.24) is 9.97 Å². The number of hydrogen-bond donors (Lipinski definition) is 1. The van der Waals surface area contributed by atoms with Crippen molar-refractivity contribution in [3.8, 4) is 17.1 Å². The first-order chi connectivity index (χ1) is 9.19. The maximum atomic E-state index is 5.24. The molecule has 0 spiro atoms. The Morgan fingerprint density at radius 2 is 2.05 bits per heavy atom. The summed E-state index contributed by atoms with van der Waals surface area (Å²) in [5.74, 6) is 2.43. The first kappa shape index (κ1) is 13.3. The van der Waals surface area contributed by atoms with Gasteiger partial charge in [0.1, 0.15) is 11.6 Å². The molecule has 0 bridgehead atoms. The third-order valence-corrected chi connectivity index (χ3v) is 3.13. The van der Waals surface area contributed by atoms with Crippen LogP contribution in [0.1, 0.15) is 18.2 Å². The summed E-state index contributed by atoms with van der Waals surface area (Å²) in [4.78, 5) is 9.18. The molecule has 0 saturated carbocycles. The standard InChI is InChI=1S/C15H19N3O/c1-5-13-10(2)17-14(18-15(13)16-3)11-7-6-8-12(9-11)19-4/h6-9H,5H2,1-4H3,(H,16,17,18). The average molecular weight is 257 g/mol. The number of nitrogens with zero attached hydrogens (tertiary/aromatic N) is 2. The highest BCUT2D eigenvalue weighted by molar-refractivity contribution is 5.61. The number of rotatable bonds is 4. The van der Waals surface area contributed by atoms with Crippen LogP contribution in [0, 0.1) is 6.92 Å². The maximum Gasteiger partial charge on any atom is 0.161 e. The Bertz CT molecular complexity index is 582. The molecule has 0 atom stereocenters. The predicted octanol–water partition coefficient (Wildman–Crippen LogP) is 3.06. The highest BCUT2D eigenvalue weighted by atomic mass is 16.5. The third kappa shape index (κ3) is 2.67. The van der Waals surface area contributed by atoms with E-state index in [1.54, 1.807) is 7.11 Å². The van der Waals surface area contributed by atoms with Crippen molar-refractivity contribution in [3.05, 3.63) is 35.5 Å². The van der Waals surface area contributed by atoms with E-state index >= 15 is 0 Å². The van der Waals surface area contributed by atoms with Gasteiger partial charge in [-0.15, -0.1) is 0 Å². The van der Waals surface area contributed by atoms with Crippen LogP contribution in [0.3, 0.4) is 0 Å². The largest absolute Gasteiger partial charge is 0.497 e. The quantitative estimate of drug-likeness (QED) is 0.914. The average Bonchev–Trinajstić information content (AvgIpc) is 2.46. The van der Waals surface area contributed by atoms with Crippen LogP contribution in [0.2, 0.25) is 0 Å². The van der Waals surface area contributed by atoms with Crippen molar-refractivity contribution in [2.75, 3.05) is 19.5 Å². The zero-order chi connectivity index (χ0) is 13.8. The zero-order valence-electron chi connectivity index (χ0n) is 11.8. The number of anilines is 1. The molecule has 4 heteroatoms. The number of ether oxygens (including phenoxy) is 1. The van der Waals surface area contributed by atoms with Gasteiger partial charge in [0, 0.05) is 23.9 Å². The SMILES string of the molecule is CCc1c(C)nc(-c2cccc(OC)c2)nc1NC. The van der Waals surface area contributed by atoms with Gasteiger partial charge in [0.25, 0.3) is 0 Å². The molecule has 0 aliphatic heterocycles. The molecule has 0 saturated heterocycles. The molecule has 1 N–H and O–H groups in total. The molecular weight excluding hydrogens is 238 g/mol. The Balaban J connectivity index is 2.53. The second-order valence-corrected chi connectivity index (χ2v) is 4.30. The zero-order valence-corrected chi connectivity index (χ0v) is 11.8. The van der Waals surface area contributed by atoms with Crippen molar-refractivity contribution >= 4 is 5.82 Å². The van der Waals surface area contributed by atoms with E-state index in [1.807, 2.05) is 38.2 Å². The molecule has 0 fully saturated rings. The van der Waals surface area contributed by atoms with E-state index in [9.17, 15) is 0 Å². The van der Waals surface area contributed by atoms with Gasteiger partial charge in [0.15, 0.2) is 5.82 Å². The van der Waals surface area contributed by atoms with Crippen LogP contribution in [0.15, 0.2) is 24.3 Å². The van der Waals surface area contributed by atoms with Crippen molar-refractivity contribution in [3.63, 3.8) is 0 Å². The lowest BCUT2D eigenvalue weighted by molar-refractivity contribution is 0.415. The summed E-state index contributed by atoms with van der Waals surface area (Å²) in [7, 11) is 3.54.